The fraction of sp³-hybridized carbons (Fsp3) is 0.227. The predicted octanol–water partition coefficient (Wildman–Crippen LogP) is 4.16. The lowest BCUT2D eigenvalue weighted by Gasteiger charge is -2.10. The SMILES string of the molecule is CCCCOc1ccc(S(=O)(=O)n2cc(C=CC(=O)O)c3cc(OC)ccc32)cc1. The molecule has 0 atom stereocenters. The first-order valence-corrected chi connectivity index (χ1v) is 10.9. The van der Waals surface area contributed by atoms with Crippen molar-refractivity contribution in [1.29, 1.82) is 0 Å². The largest absolute Gasteiger partial charge is 0.497 e. The van der Waals surface area contributed by atoms with Crippen molar-refractivity contribution in [2.24, 2.45) is 0 Å². The Hall–Kier alpha value is -3.26. The van der Waals surface area contributed by atoms with E-state index in [9.17, 15) is 13.2 Å². The van der Waals surface area contributed by atoms with Crippen LogP contribution in [0.4, 0.5) is 0 Å². The highest BCUT2D eigenvalue weighted by atomic mass is 32.2. The average molecular weight is 429 g/mol. The van der Waals surface area contributed by atoms with Crippen molar-refractivity contribution in [3.05, 3.63) is 60.3 Å². The van der Waals surface area contributed by atoms with E-state index in [2.05, 4.69) is 6.92 Å². The molecule has 0 aliphatic carbocycles. The third kappa shape index (κ3) is 4.49. The molecule has 0 spiro atoms. The summed E-state index contributed by atoms with van der Waals surface area (Å²) in [6, 6.07) is 11.2. The summed E-state index contributed by atoms with van der Waals surface area (Å²) in [6.07, 6.45) is 5.67. The molecule has 0 saturated carbocycles. The Morgan fingerprint density at radius 2 is 1.83 bits per heavy atom. The third-order valence-electron chi connectivity index (χ3n) is 4.56. The van der Waals surface area contributed by atoms with E-state index in [1.165, 1.54) is 31.5 Å². The van der Waals surface area contributed by atoms with Gasteiger partial charge in [-0.2, -0.15) is 0 Å². The lowest BCUT2D eigenvalue weighted by Crippen LogP contribution is -2.11. The molecule has 3 rings (SSSR count). The first kappa shape index (κ1) is 21.4. The van der Waals surface area contributed by atoms with E-state index < -0.39 is 16.0 Å². The number of fused-ring (bicyclic) bond motifs is 1. The van der Waals surface area contributed by atoms with Gasteiger partial charge in [0.25, 0.3) is 10.0 Å². The van der Waals surface area contributed by atoms with E-state index in [0.29, 0.717) is 34.6 Å². The molecule has 8 heteroatoms. The van der Waals surface area contributed by atoms with E-state index in [1.807, 2.05) is 0 Å². The molecule has 1 heterocycles. The van der Waals surface area contributed by atoms with E-state index >= 15 is 0 Å². The zero-order chi connectivity index (χ0) is 21.7. The smallest absolute Gasteiger partial charge is 0.328 e. The summed E-state index contributed by atoms with van der Waals surface area (Å²) >= 11 is 0. The van der Waals surface area contributed by atoms with Crippen LogP contribution in [0.5, 0.6) is 11.5 Å². The van der Waals surface area contributed by atoms with Gasteiger partial charge in [-0.15, -0.1) is 0 Å². The highest BCUT2D eigenvalue weighted by molar-refractivity contribution is 7.90. The molecule has 0 radical (unpaired) electrons. The minimum atomic E-state index is -3.91. The van der Waals surface area contributed by atoms with Crippen LogP contribution >= 0.6 is 0 Å². The number of benzene rings is 2. The Bertz CT molecular complexity index is 1180. The minimum absolute atomic E-state index is 0.104. The molecule has 1 aromatic heterocycles. The Morgan fingerprint density at radius 3 is 2.47 bits per heavy atom. The monoisotopic (exact) mass is 429 g/mol. The number of rotatable bonds is 9. The summed E-state index contributed by atoms with van der Waals surface area (Å²) in [5.74, 6) is 0.0195. The molecule has 0 unspecified atom stereocenters. The molecule has 0 saturated heterocycles. The topological polar surface area (TPSA) is 94.8 Å². The first-order valence-electron chi connectivity index (χ1n) is 9.45. The Labute approximate surface area is 175 Å². The number of aliphatic carboxylic acids is 1. The summed E-state index contributed by atoms with van der Waals surface area (Å²) < 4.78 is 38.5. The molecule has 3 aromatic rings. The zero-order valence-corrected chi connectivity index (χ0v) is 17.6. The lowest BCUT2D eigenvalue weighted by atomic mass is 10.1. The van der Waals surface area contributed by atoms with Gasteiger partial charge < -0.3 is 14.6 Å². The van der Waals surface area contributed by atoms with Crippen LogP contribution < -0.4 is 9.47 Å². The number of carbonyl (C=O) groups is 1. The fourth-order valence-corrected chi connectivity index (χ4v) is 4.36. The second-order valence-electron chi connectivity index (χ2n) is 6.61. The fourth-order valence-electron chi connectivity index (χ4n) is 2.98. The standard InChI is InChI=1S/C22H23NO6S/c1-3-4-13-29-17-6-9-19(10-7-17)30(26,27)23-15-16(5-12-22(24)25)20-14-18(28-2)8-11-21(20)23/h5-12,14-15H,3-4,13H2,1-2H3,(H,24,25). The lowest BCUT2D eigenvalue weighted by molar-refractivity contribution is -0.131. The first-order chi connectivity index (χ1) is 14.4. The van der Waals surface area contributed by atoms with Crippen LogP contribution in [0.15, 0.2) is 59.6 Å². The van der Waals surface area contributed by atoms with Crippen molar-refractivity contribution in [2.75, 3.05) is 13.7 Å². The molecule has 30 heavy (non-hydrogen) atoms. The molecule has 1 N–H and O–H groups in total. The van der Waals surface area contributed by atoms with Crippen molar-refractivity contribution in [1.82, 2.24) is 3.97 Å². The molecule has 0 aliphatic heterocycles. The highest BCUT2D eigenvalue weighted by Crippen LogP contribution is 2.30. The van der Waals surface area contributed by atoms with Gasteiger partial charge in [-0.3, -0.25) is 0 Å². The van der Waals surface area contributed by atoms with Crippen LogP contribution in [0.25, 0.3) is 17.0 Å². The zero-order valence-electron chi connectivity index (χ0n) is 16.7. The van der Waals surface area contributed by atoms with E-state index in [-0.39, 0.29) is 4.90 Å². The molecule has 0 amide bonds. The summed E-state index contributed by atoms with van der Waals surface area (Å²) in [6.45, 7) is 2.64. The summed E-state index contributed by atoms with van der Waals surface area (Å²) in [5.41, 5.74) is 0.874. The molecule has 0 aliphatic rings. The molecule has 7 nitrogen and oxygen atoms in total. The summed E-state index contributed by atoms with van der Waals surface area (Å²) in [7, 11) is -2.40. The molecule has 0 fully saturated rings. The number of hydrogen-bond donors (Lipinski definition) is 1. The number of hydrogen-bond acceptors (Lipinski definition) is 5. The maximum absolute atomic E-state index is 13.3. The Kier molecular flexibility index (Phi) is 6.47. The minimum Gasteiger partial charge on any atom is -0.497 e. The molecule has 2 aromatic carbocycles. The van der Waals surface area contributed by atoms with Crippen molar-refractivity contribution in [2.45, 2.75) is 24.7 Å². The number of ether oxygens (including phenoxy) is 2. The van der Waals surface area contributed by atoms with Crippen molar-refractivity contribution in [3.8, 4) is 11.5 Å². The van der Waals surface area contributed by atoms with E-state index in [0.717, 1.165) is 22.9 Å². The highest BCUT2D eigenvalue weighted by Gasteiger charge is 2.21. The van der Waals surface area contributed by atoms with Gasteiger partial charge in [0.15, 0.2) is 0 Å². The van der Waals surface area contributed by atoms with Gasteiger partial charge in [-0.1, -0.05) is 13.3 Å². The van der Waals surface area contributed by atoms with Crippen LogP contribution in [0.3, 0.4) is 0 Å². The number of aromatic nitrogens is 1. The van der Waals surface area contributed by atoms with Crippen LogP contribution in [0.1, 0.15) is 25.3 Å². The second kappa shape index (κ2) is 9.04. The quantitative estimate of drug-likeness (QED) is 0.405. The Balaban J connectivity index is 2.05. The molecule has 0 bridgehead atoms. The summed E-state index contributed by atoms with van der Waals surface area (Å²) in [5, 5.41) is 9.51. The average Bonchev–Trinajstić information content (AvgIpc) is 3.11. The van der Waals surface area contributed by atoms with Gasteiger partial charge in [-0.25, -0.2) is 17.2 Å². The van der Waals surface area contributed by atoms with Crippen LogP contribution in [0, 0.1) is 0 Å². The predicted molar refractivity (Wildman–Crippen MR) is 115 cm³/mol. The summed E-state index contributed by atoms with van der Waals surface area (Å²) in [4.78, 5) is 11.0. The van der Waals surface area contributed by atoms with Gasteiger partial charge in [0.05, 0.1) is 24.1 Å². The number of nitrogens with zero attached hydrogens (tertiary/aromatic N) is 1. The maximum Gasteiger partial charge on any atom is 0.328 e. The van der Waals surface area contributed by atoms with Crippen molar-refractivity contribution < 1.29 is 27.8 Å². The van der Waals surface area contributed by atoms with Crippen LogP contribution in [-0.2, 0) is 14.8 Å². The van der Waals surface area contributed by atoms with Gasteiger partial charge in [0.1, 0.15) is 11.5 Å². The number of unbranched alkanes of at least 4 members (excludes halogenated alkanes) is 1. The van der Waals surface area contributed by atoms with E-state index in [4.69, 9.17) is 14.6 Å². The molecular weight excluding hydrogens is 406 g/mol. The van der Waals surface area contributed by atoms with E-state index in [1.54, 1.807) is 30.3 Å². The maximum atomic E-state index is 13.3. The van der Waals surface area contributed by atoms with Crippen LogP contribution in [-0.4, -0.2) is 37.2 Å². The van der Waals surface area contributed by atoms with Gasteiger partial charge in [-0.05, 0) is 55.0 Å². The van der Waals surface area contributed by atoms with Crippen molar-refractivity contribution in [3.63, 3.8) is 0 Å². The molecule has 158 valence electrons. The second-order valence-corrected chi connectivity index (χ2v) is 8.43. The van der Waals surface area contributed by atoms with Gasteiger partial charge in [0.2, 0.25) is 0 Å². The Morgan fingerprint density at radius 1 is 1.13 bits per heavy atom. The van der Waals surface area contributed by atoms with Gasteiger partial charge >= 0.3 is 5.97 Å². The molecular formula is C22H23NO6S. The van der Waals surface area contributed by atoms with Gasteiger partial charge in [0, 0.05) is 23.2 Å². The number of carboxylic acid groups (broad SMARTS) is 1. The number of carboxylic acids is 1. The van der Waals surface area contributed by atoms with Crippen LogP contribution in [0.2, 0.25) is 0 Å². The normalized spacial score (nSPS) is 11.8. The third-order valence-corrected chi connectivity index (χ3v) is 6.25. The van der Waals surface area contributed by atoms with Crippen molar-refractivity contribution >= 4 is 33.0 Å². The number of methoxy groups -OCH3 is 1.